The molecule has 0 unspecified atom stereocenters. The third kappa shape index (κ3) is 5.12. The van der Waals surface area contributed by atoms with Crippen molar-refractivity contribution in [1.29, 1.82) is 0 Å². The zero-order valence-electron chi connectivity index (χ0n) is 18.5. The minimum atomic E-state index is -3.60. The molecule has 1 aliphatic heterocycles. The second kappa shape index (κ2) is 9.80. The molecule has 8 heteroatoms. The Bertz CT molecular complexity index is 1180. The third-order valence-electron chi connectivity index (χ3n) is 6.14. The Morgan fingerprint density at radius 2 is 1.73 bits per heavy atom. The lowest BCUT2D eigenvalue weighted by Crippen LogP contribution is -2.44. The van der Waals surface area contributed by atoms with E-state index >= 15 is 0 Å². The summed E-state index contributed by atoms with van der Waals surface area (Å²) in [5, 5.41) is 2.97. The highest BCUT2D eigenvalue weighted by Gasteiger charge is 2.35. The van der Waals surface area contributed by atoms with E-state index in [0.29, 0.717) is 25.3 Å². The normalized spacial score (nSPS) is 15.7. The maximum atomic E-state index is 13.0. The van der Waals surface area contributed by atoms with Crippen molar-refractivity contribution in [1.82, 2.24) is 5.32 Å². The van der Waals surface area contributed by atoms with Crippen LogP contribution in [0, 0.1) is 0 Å². The Hall–Kier alpha value is -3.10. The largest absolute Gasteiger partial charge is 0.497 e. The Kier molecular flexibility index (Phi) is 6.85. The summed E-state index contributed by atoms with van der Waals surface area (Å²) >= 11 is 0. The fourth-order valence-electron chi connectivity index (χ4n) is 4.17. The van der Waals surface area contributed by atoms with Crippen LogP contribution in [0.1, 0.15) is 34.5 Å². The topological polar surface area (TPSA) is 94.8 Å². The number of furan rings is 1. The van der Waals surface area contributed by atoms with Crippen molar-refractivity contribution in [3.8, 4) is 5.75 Å². The number of rotatable bonds is 8. The molecule has 3 aromatic rings. The monoisotopic (exact) mass is 469 g/mol. The molecule has 7 nitrogen and oxygen atoms in total. The number of amides is 1. The van der Waals surface area contributed by atoms with Gasteiger partial charge in [-0.25, -0.2) is 8.42 Å². The second-order valence-electron chi connectivity index (χ2n) is 8.15. The lowest BCUT2D eigenvalue weighted by molar-refractivity contribution is 0.0484. The number of methoxy groups -OCH3 is 1. The SMILES string of the molecule is COc1ccc(C2(CNC(=O)c3occc3CS(=O)(=O)c3ccccc3)CCOCC2)cc1. The molecule has 0 aliphatic carbocycles. The maximum absolute atomic E-state index is 13.0. The van der Waals surface area contributed by atoms with Crippen molar-refractivity contribution in [2.75, 3.05) is 26.9 Å². The third-order valence-corrected chi connectivity index (χ3v) is 7.82. The first-order chi connectivity index (χ1) is 15.9. The van der Waals surface area contributed by atoms with Crippen LogP contribution < -0.4 is 10.1 Å². The summed E-state index contributed by atoms with van der Waals surface area (Å²) in [5.74, 6) is 0.0437. The van der Waals surface area contributed by atoms with Crippen molar-refractivity contribution in [3.63, 3.8) is 0 Å². The van der Waals surface area contributed by atoms with Crippen LogP contribution in [0.3, 0.4) is 0 Å². The molecule has 0 bridgehead atoms. The van der Waals surface area contributed by atoms with E-state index in [2.05, 4.69) is 5.32 Å². The molecule has 1 saturated heterocycles. The molecule has 0 radical (unpaired) electrons. The van der Waals surface area contributed by atoms with Crippen molar-refractivity contribution in [2.24, 2.45) is 0 Å². The van der Waals surface area contributed by atoms with Gasteiger partial charge in [0.1, 0.15) is 5.75 Å². The molecule has 1 aromatic heterocycles. The van der Waals surface area contributed by atoms with Crippen molar-refractivity contribution in [2.45, 2.75) is 28.9 Å². The molecule has 1 aliphatic rings. The van der Waals surface area contributed by atoms with E-state index in [9.17, 15) is 13.2 Å². The number of sulfone groups is 1. The molecule has 1 N–H and O–H groups in total. The summed E-state index contributed by atoms with van der Waals surface area (Å²) in [6.07, 6.45) is 2.86. The van der Waals surface area contributed by atoms with E-state index in [4.69, 9.17) is 13.9 Å². The van der Waals surface area contributed by atoms with Gasteiger partial charge in [0.15, 0.2) is 15.6 Å². The molecular formula is C25H27NO6S. The fraction of sp³-hybridized carbons (Fsp3) is 0.320. The van der Waals surface area contributed by atoms with E-state index in [-0.39, 0.29) is 21.8 Å². The van der Waals surface area contributed by atoms with E-state index in [1.807, 2.05) is 24.3 Å². The van der Waals surface area contributed by atoms with Gasteiger partial charge in [0, 0.05) is 30.7 Å². The van der Waals surface area contributed by atoms with Gasteiger partial charge in [0.2, 0.25) is 0 Å². The second-order valence-corrected chi connectivity index (χ2v) is 10.1. The summed E-state index contributed by atoms with van der Waals surface area (Å²) in [7, 11) is -1.98. The molecular weight excluding hydrogens is 442 g/mol. The molecule has 0 saturated carbocycles. The smallest absolute Gasteiger partial charge is 0.287 e. The summed E-state index contributed by atoms with van der Waals surface area (Å²) in [6.45, 7) is 1.58. The Morgan fingerprint density at radius 3 is 2.39 bits per heavy atom. The number of benzene rings is 2. The van der Waals surface area contributed by atoms with Gasteiger partial charge >= 0.3 is 0 Å². The highest BCUT2D eigenvalue weighted by Crippen LogP contribution is 2.35. The Balaban J connectivity index is 1.50. The molecule has 0 spiro atoms. The number of nitrogens with one attached hydrogen (secondary N) is 1. The molecule has 0 atom stereocenters. The highest BCUT2D eigenvalue weighted by molar-refractivity contribution is 7.90. The van der Waals surface area contributed by atoms with E-state index in [1.165, 1.54) is 12.3 Å². The predicted molar refractivity (Wildman–Crippen MR) is 123 cm³/mol. The maximum Gasteiger partial charge on any atom is 0.287 e. The quantitative estimate of drug-likeness (QED) is 0.540. The van der Waals surface area contributed by atoms with Crippen LogP contribution in [0.2, 0.25) is 0 Å². The minimum absolute atomic E-state index is 0.0199. The average molecular weight is 470 g/mol. The lowest BCUT2D eigenvalue weighted by atomic mass is 9.74. The van der Waals surface area contributed by atoms with Gasteiger partial charge in [0.25, 0.3) is 5.91 Å². The van der Waals surface area contributed by atoms with Crippen molar-refractivity contribution in [3.05, 3.63) is 83.8 Å². The minimum Gasteiger partial charge on any atom is -0.497 e. The highest BCUT2D eigenvalue weighted by atomic mass is 32.2. The van der Waals surface area contributed by atoms with Crippen LogP contribution in [0.4, 0.5) is 0 Å². The summed E-state index contributed by atoms with van der Waals surface area (Å²) in [5.41, 5.74) is 1.14. The molecule has 1 fully saturated rings. The first-order valence-electron chi connectivity index (χ1n) is 10.8. The van der Waals surface area contributed by atoms with Crippen LogP contribution in [-0.4, -0.2) is 41.2 Å². The Morgan fingerprint density at radius 1 is 1.03 bits per heavy atom. The number of ether oxygens (including phenoxy) is 2. The zero-order chi connectivity index (χ0) is 23.3. The molecule has 4 rings (SSSR count). The zero-order valence-corrected chi connectivity index (χ0v) is 19.3. The summed E-state index contributed by atoms with van der Waals surface area (Å²) < 4.78 is 41.8. The molecule has 2 heterocycles. The van der Waals surface area contributed by atoms with E-state index in [1.54, 1.807) is 37.4 Å². The summed E-state index contributed by atoms with van der Waals surface area (Å²) in [6, 6.07) is 17.6. The number of hydrogen-bond acceptors (Lipinski definition) is 6. The van der Waals surface area contributed by atoms with E-state index < -0.39 is 15.7 Å². The van der Waals surface area contributed by atoms with Gasteiger partial charge in [-0.3, -0.25) is 4.79 Å². The number of hydrogen-bond donors (Lipinski definition) is 1. The fourth-order valence-corrected chi connectivity index (χ4v) is 5.54. The van der Waals surface area contributed by atoms with Gasteiger partial charge in [-0.15, -0.1) is 0 Å². The average Bonchev–Trinajstić information content (AvgIpc) is 3.31. The first kappa shape index (κ1) is 23.1. The molecule has 174 valence electrons. The van der Waals surface area contributed by atoms with Crippen molar-refractivity contribution < 1.29 is 27.1 Å². The van der Waals surface area contributed by atoms with Gasteiger partial charge in [-0.2, -0.15) is 0 Å². The summed E-state index contributed by atoms with van der Waals surface area (Å²) in [4.78, 5) is 13.2. The van der Waals surface area contributed by atoms with Crippen LogP contribution in [0.25, 0.3) is 0 Å². The van der Waals surface area contributed by atoms with Crippen LogP contribution in [0.5, 0.6) is 5.75 Å². The molecule has 33 heavy (non-hydrogen) atoms. The van der Waals surface area contributed by atoms with Crippen LogP contribution in [0.15, 0.2) is 76.2 Å². The van der Waals surface area contributed by atoms with Crippen molar-refractivity contribution >= 4 is 15.7 Å². The Labute approximate surface area is 193 Å². The van der Waals surface area contributed by atoms with Crippen LogP contribution in [-0.2, 0) is 25.7 Å². The number of carbonyl (C=O) groups excluding carboxylic acids is 1. The van der Waals surface area contributed by atoms with Crippen LogP contribution >= 0.6 is 0 Å². The first-order valence-corrected chi connectivity index (χ1v) is 12.4. The van der Waals surface area contributed by atoms with Gasteiger partial charge in [0.05, 0.1) is 24.0 Å². The molecule has 2 aromatic carbocycles. The van der Waals surface area contributed by atoms with Gasteiger partial charge in [-0.05, 0) is 48.7 Å². The van der Waals surface area contributed by atoms with Gasteiger partial charge < -0.3 is 19.2 Å². The molecule has 1 amide bonds. The van der Waals surface area contributed by atoms with E-state index in [0.717, 1.165) is 24.2 Å². The predicted octanol–water partition coefficient (Wildman–Crippen LogP) is 3.74. The lowest BCUT2D eigenvalue weighted by Gasteiger charge is -2.38. The standard InChI is InChI=1S/C25H27NO6S/c1-30-21-9-7-20(8-10-21)25(12-15-31-16-13-25)18-26-24(27)23-19(11-14-32-23)17-33(28,29)22-5-3-2-4-6-22/h2-11,14H,12-13,15-18H2,1H3,(H,26,27). The van der Waals surface area contributed by atoms with Gasteiger partial charge in [-0.1, -0.05) is 30.3 Å². The number of carbonyl (C=O) groups is 1.